The van der Waals surface area contributed by atoms with Crippen molar-refractivity contribution in [1.82, 2.24) is 0 Å². The van der Waals surface area contributed by atoms with Crippen molar-refractivity contribution in [3.05, 3.63) is 64.0 Å². The van der Waals surface area contributed by atoms with Crippen LogP contribution < -0.4 is 25.9 Å². The van der Waals surface area contributed by atoms with Crippen LogP contribution in [0.3, 0.4) is 0 Å². The molecule has 11 heteroatoms. The highest BCUT2D eigenvalue weighted by Gasteiger charge is 2.28. The monoisotopic (exact) mass is 480 g/mol. The Bertz CT molecular complexity index is 1220. The van der Waals surface area contributed by atoms with Gasteiger partial charge in [0.2, 0.25) is 11.2 Å². The molecule has 4 N–H and O–H groups in total. The molecule has 0 saturated heterocycles. The molecule has 0 aliphatic rings. The molecule has 1 aromatic heterocycles. The van der Waals surface area contributed by atoms with E-state index >= 15 is 0 Å². The molecule has 1 heterocycles. The SMILES string of the molecule is CN(C)c1ccc(/C=C/c2oc3cc(OCC[NH3+])ccc3c(=O)c2O)cc1.O=C([O-])C(F)(F)F. The minimum absolute atomic E-state index is 0.110. The number of carbonyl (C=O) groups is 1. The second kappa shape index (κ2) is 11.2. The van der Waals surface area contributed by atoms with Gasteiger partial charge in [-0.25, -0.2) is 0 Å². The standard InChI is InChI=1S/C21H22N2O4.C2HF3O2/c1-23(2)15-6-3-14(4-7-15)5-10-18-21(25)20(24)17-9-8-16(26-12-11-22)13-19(17)27-18;3-2(4,5)1(6)7/h3-10,13,25H,11-12,22H2,1-2H3;(H,6,7)/b10-5+;. The van der Waals surface area contributed by atoms with Crippen molar-refractivity contribution in [2.45, 2.75) is 6.18 Å². The highest BCUT2D eigenvalue weighted by atomic mass is 19.4. The van der Waals surface area contributed by atoms with Crippen molar-refractivity contribution in [2.24, 2.45) is 0 Å². The molecule has 0 saturated carbocycles. The first-order chi connectivity index (χ1) is 15.9. The second-order valence-electron chi connectivity index (χ2n) is 7.11. The first kappa shape index (κ1) is 26.3. The average molecular weight is 480 g/mol. The van der Waals surface area contributed by atoms with Crippen molar-refractivity contribution in [3.63, 3.8) is 0 Å². The summed E-state index contributed by atoms with van der Waals surface area (Å²) in [6, 6.07) is 12.8. The van der Waals surface area contributed by atoms with Gasteiger partial charge in [0.05, 0.1) is 5.39 Å². The van der Waals surface area contributed by atoms with Crippen molar-refractivity contribution in [2.75, 3.05) is 32.1 Å². The maximum absolute atomic E-state index is 12.4. The van der Waals surface area contributed by atoms with Crippen LogP contribution in [0.2, 0.25) is 0 Å². The van der Waals surface area contributed by atoms with Gasteiger partial charge in [0.1, 0.15) is 30.5 Å². The lowest BCUT2D eigenvalue weighted by Gasteiger charge is -2.11. The molecule has 3 aromatic rings. The number of halogens is 3. The predicted molar refractivity (Wildman–Crippen MR) is 118 cm³/mol. The minimum Gasteiger partial charge on any atom is -0.542 e. The van der Waals surface area contributed by atoms with Crippen LogP contribution in [0, 0.1) is 0 Å². The van der Waals surface area contributed by atoms with Crippen LogP contribution in [0.5, 0.6) is 11.5 Å². The summed E-state index contributed by atoms with van der Waals surface area (Å²) in [5.74, 6) is -2.71. The molecule has 0 bridgehead atoms. The van der Waals surface area contributed by atoms with Crippen LogP contribution in [0.25, 0.3) is 23.1 Å². The number of rotatable bonds is 6. The third-order valence-corrected chi connectivity index (χ3v) is 4.35. The fraction of sp³-hybridized carbons (Fsp3) is 0.217. The highest BCUT2D eigenvalue weighted by molar-refractivity contribution is 5.82. The number of aromatic hydroxyl groups is 1. The van der Waals surface area contributed by atoms with E-state index in [1.54, 1.807) is 30.4 Å². The molecule has 8 nitrogen and oxygen atoms in total. The van der Waals surface area contributed by atoms with Crippen LogP contribution in [-0.2, 0) is 4.79 Å². The van der Waals surface area contributed by atoms with Crippen molar-refractivity contribution < 1.29 is 43.1 Å². The third kappa shape index (κ3) is 7.01. The summed E-state index contributed by atoms with van der Waals surface area (Å²) in [7, 11) is 3.95. The van der Waals surface area contributed by atoms with Gasteiger partial charge in [0, 0.05) is 25.8 Å². The maximum atomic E-state index is 12.4. The molecule has 3 rings (SSSR count). The fourth-order valence-corrected chi connectivity index (χ4v) is 2.63. The van der Waals surface area contributed by atoms with E-state index in [0.717, 1.165) is 11.3 Å². The molecule has 0 unspecified atom stereocenters. The Balaban J connectivity index is 0.000000509. The topological polar surface area (TPSA) is 131 Å². The smallest absolute Gasteiger partial charge is 0.430 e. The molecular formula is C23H23F3N2O6. The first-order valence-corrected chi connectivity index (χ1v) is 9.89. The Morgan fingerprint density at radius 3 is 2.32 bits per heavy atom. The summed E-state index contributed by atoms with van der Waals surface area (Å²) in [6.45, 7) is 1.11. The van der Waals surface area contributed by atoms with Gasteiger partial charge in [-0.15, -0.1) is 0 Å². The number of anilines is 1. The van der Waals surface area contributed by atoms with Crippen LogP contribution >= 0.6 is 0 Å². The van der Waals surface area contributed by atoms with Crippen molar-refractivity contribution in [1.29, 1.82) is 0 Å². The molecule has 0 aliphatic heterocycles. The highest BCUT2D eigenvalue weighted by Crippen LogP contribution is 2.25. The number of quaternary nitrogens is 1. The number of hydrogen-bond acceptors (Lipinski definition) is 7. The summed E-state index contributed by atoms with van der Waals surface area (Å²) >= 11 is 0. The maximum Gasteiger partial charge on any atom is 0.430 e. The fourth-order valence-electron chi connectivity index (χ4n) is 2.63. The van der Waals surface area contributed by atoms with Gasteiger partial charge in [-0.3, -0.25) is 4.79 Å². The second-order valence-corrected chi connectivity index (χ2v) is 7.11. The van der Waals surface area contributed by atoms with Crippen molar-refractivity contribution >= 4 is 34.8 Å². The van der Waals surface area contributed by atoms with E-state index in [0.29, 0.717) is 29.9 Å². The largest absolute Gasteiger partial charge is 0.542 e. The number of carboxylic acids is 1. The molecule has 0 fully saturated rings. The lowest BCUT2D eigenvalue weighted by Crippen LogP contribution is -2.52. The van der Waals surface area contributed by atoms with E-state index in [2.05, 4.69) is 5.73 Å². The number of carboxylic acid groups (broad SMARTS) is 1. The van der Waals surface area contributed by atoms with E-state index in [9.17, 15) is 23.1 Å². The van der Waals surface area contributed by atoms with Gasteiger partial charge in [0.15, 0.2) is 5.76 Å². The number of hydrogen-bond donors (Lipinski definition) is 2. The molecule has 0 aliphatic carbocycles. The molecule has 0 amide bonds. The summed E-state index contributed by atoms with van der Waals surface area (Å²) < 4.78 is 42.8. The van der Waals surface area contributed by atoms with Gasteiger partial charge < -0.3 is 34.8 Å². The zero-order valence-electron chi connectivity index (χ0n) is 18.4. The van der Waals surface area contributed by atoms with E-state index in [4.69, 9.17) is 19.1 Å². The van der Waals surface area contributed by atoms with Crippen LogP contribution in [-0.4, -0.2) is 44.5 Å². The Kier molecular flexibility index (Phi) is 8.68. The number of benzene rings is 2. The molecule has 0 spiro atoms. The van der Waals surface area contributed by atoms with Gasteiger partial charge >= 0.3 is 6.18 Å². The number of nitrogens with zero attached hydrogens (tertiary/aromatic N) is 1. The normalized spacial score (nSPS) is 11.2. The lowest BCUT2D eigenvalue weighted by atomic mass is 10.1. The molecule has 0 radical (unpaired) electrons. The quantitative estimate of drug-likeness (QED) is 0.549. The van der Waals surface area contributed by atoms with Gasteiger partial charge in [0.25, 0.3) is 0 Å². The summed E-state index contributed by atoms with van der Waals surface area (Å²) in [4.78, 5) is 23.2. The predicted octanol–water partition coefficient (Wildman–Crippen LogP) is 1.65. The number of carbonyl (C=O) groups excluding carboxylic acids is 1. The Morgan fingerprint density at radius 1 is 1.18 bits per heavy atom. The first-order valence-electron chi connectivity index (χ1n) is 9.89. The average Bonchev–Trinajstić information content (AvgIpc) is 2.79. The van der Waals surface area contributed by atoms with E-state index in [1.165, 1.54) is 0 Å². The summed E-state index contributed by atoms with van der Waals surface area (Å²) in [6.07, 6.45) is -1.82. The zero-order valence-corrected chi connectivity index (χ0v) is 18.4. The lowest BCUT2D eigenvalue weighted by molar-refractivity contribution is -0.370. The molecule has 0 atom stereocenters. The Morgan fingerprint density at radius 2 is 1.79 bits per heavy atom. The summed E-state index contributed by atoms with van der Waals surface area (Å²) in [5, 5.41) is 19.3. The van der Waals surface area contributed by atoms with E-state index in [1.807, 2.05) is 43.3 Å². The molecular weight excluding hydrogens is 457 g/mol. The summed E-state index contributed by atoms with van der Waals surface area (Å²) in [5.41, 5.74) is 5.63. The number of fused-ring (bicyclic) bond motifs is 1. The molecule has 2 aromatic carbocycles. The molecule has 34 heavy (non-hydrogen) atoms. The third-order valence-electron chi connectivity index (χ3n) is 4.35. The Hall–Kier alpha value is -3.99. The van der Waals surface area contributed by atoms with Crippen molar-refractivity contribution in [3.8, 4) is 11.5 Å². The van der Waals surface area contributed by atoms with E-state index < -0.39 is 23.3 Å². The zero-order chi connectivity index (χ0) is 25.5. The van der Waals surface area contributed by atoms with Crippen LogP contribution in [0.15, 0.2) is 51.7 Å². The van der Waals surface area contributed by atoms with Gasteiger partial charge in [-0.1, -0.05) is 18.2 Å². The minimum atomic E-state index is -5.19. The van der Waals surface area contributed by atoms with Gasteiger partial charge in [-0.05, 0) is 35.9 Å². The van der Waals surface area contributed by atoms with Crippen LogP contribution in [0.1, 0.15) is 11.3 Å². The van der Waals surface area contributed by atoms with Gasteiger partial charge in [-0.2, -0.15) is 13.2 Å². The van der Waals surface area contributed by atoms with Crippen LogP contribution in [0.4, 0.5) is 18.9 Å². The number of ether oxygens (including phenoxy) is 1. The number of aliphatic carboxylic acids is 1. The Labute approximate surface area is 192 Å². The van der Waals surface area contributed by atoms with E-state index in [-0.39, 0.29) is 5.76 Å². The molecule has 182 valence electrons. The number of alkyl halides is 3.